The number of anilines is 1. The second-order valence-corrected chi connectivity index (χ2v) is 8.78. The van der Waals surface area contributed by atoms with Gasteiger partial charge >= 0.3 is 0 Å². The number of halogens is 1. The first-order chi connectivity index (χ1) is 14.4. The molecule has 7 heteroatoms. The summed E-state index contributed by atoms with van der Waals surface area (Å²) in [4.78, 5) is 24.0. The van der Waals surface area contributed by atoms with Gasteiger partial charge < -0.3 is 14.6 Å². The zero-order valence-electron chi connectivity index (χ0n) is 17.2. The van der Waals surface area contributed by atoms with Crippen LogP contribution in [-0.4, -0.2) is 39.4 Å². The summed E-state index contributed by atoms with van der Waals surface area (Å²) in [7, 11) is 0. The summed E-state index contributed by atoms with van der Waals surface area (Å²) in [6.07, 6.45) is 3.83. The summed E-state index contributed by atoms with van der Waals surface area (Å²) in [5.41, 5.74) is 1.59. The fraction of sp³-hybridized carbons (Fsp3) is 0.435. The number of amides is 1. The number of fused-ring (bicyclic) bond motifs is 1. The Morgan fingerprint density at radius 1 is 1.20 bits per heavy atom. The van der Waals surface area contributed by atoms with Crippen LogP contribution in [0.25, 0.3) is 11.1 Å². The standard InChI is InChI=1S/C23H25FN4O2/c1-14-13-18-19(27-23(2)9-10-23)25-20(26-21(18)30-14)22(29)28-11-7-16(8-12-28)15-3-5-17(24)6-4-15/h3-6,13,16H,7-12H2,1-2H3,(H,25,26,27). The predicted molar refractivity (Wildman–Crippen MR) is 112 cm³/mol. The number of rotatable bonds is 4. The molecule has 2 aliphatic rings. The van der Waals surface area contributed by atoms with Gasteiger partial charge in [0.15, 0.2) is 0 Å². The van der Waals surface area contributed by atoms with E-state index in [0.717, 1.165) is 42.4 Å². The molecule has 3 aromatic rings. The van der Waals surface area contributed by atoms with E-state index in [1.807, 2.05) is 25.1 Å². The lowest BCUT2D eigenvalue weighted by atomic mass is 9.89. The first-order valence-corrected chi connectivity index (χ1v) is 10.5. The SMILES string of the molecule is Cc1cc2c(NC3(C)CC3)nc(C(=O)N3CCC(c4ccc(F)cc4)CC3)nc2o1. The Morgan fingerprint density at radius 3 is 2.57 bits per heavy atom. The highest BCUT2D eigenvalue weighted by molar-refractivity contribution is 5.95. The Kier molecular flexibility index (Phi) is 4.49. The van der Waals surface area contributed by atoms with Crippen LogP contribution in [0, 0.1) is 12.7 Å². The Morgan fingerprint density at radius 2 is 1.90 bits per heavy atom. The van der Waals surface area contributed by atoms with Crippen LogP contribution >= 0.6 is 0 Å². The fourth-order valence-corrected chi connectivity index (χ4v) is 4.12. The van der Waals surface area contributed by atoms with Gasteiger partial charge in [-0.3, -0.25) is 4.79 Å². The number of nitrogens with zero attached hydrogens (tertiary/aromatic N) is 3. The second kappa shape index (κ2) is 7.07. The molecule has 1 saturated heterocycles. The van der Waals surface area contributed by atoms with Gasteiger partial charge in [0.2, 0.25) is 11.5 Å². The molecule has 0 radical (unpaired) electrons. The number of aromatic nitrogens is 2. The number of aryl methyl sites for hydroxylation is 1. The lowest BCUT2D eigenvalue weighted by molar-refractivity contribution is 0.0700. The van der Waals surface area contributed by atoms with Gasteiger partial charge in [0.1, 0.15) is 17.4 Å². The van der Waals surface area contributed by atoms with Crippen LogP contribution in [0.15, 0.2) is 34.7 Å². The van der Waals surface area contributed by atoms with Gasteiger partial charge in [0.05, 0.1) is 5.39 Å². The third-order valence-electron chi connectivity index (χ3n) is 6.25. The Bertz CT molecular complexity index is 1100. The van der Waals surface area contributed by atoms with E-state index in [4.69, 9.17) is 4.42 Å². The number of piperidine rings is 1. The molecule has 156 valence electrons. The molecule has 0 bridgehead atoms. The highest BCUT2D eigenvalue weighted by Gasteiger charge is 2.38. The molecule has 30 heavy (non-hydrogen) atoms. The Balaban J connectivity index is 1.35. The average molecular weight is 408 g/mol. The number of hydrogen-bond acceptors (Lipinski definition) is 5. The summed E-state index contributed by atoms with van der Waals surface area (Å²) in [6, 6.07) is 8.58. The molecule has 2 fully saturated rings. The van der Waals surface area contributed by atoms with Crippen molar-refractivity contribution in [2.24, 2.45) is 0 Å². The number of benzene rings is 1. The van der Waals surface area contributed by atoms with E-state index in [0.29, 0.717) is 30.5 Å². The number of hydrogen-bond donors (Lipinski definition) is 1. The second-order valence-electron chi connectivity index (χ2n) is 8.78. The maximum atomic E-state index is 13.2. The van der Waals surface area contributed by atoms with Gasteiger partial charge in [-0.2, -0.15) is 4.98 Å². The zero-order valence-corrected chi connectivity index (χ0v) is 17.2. The van der Waals surface area contributed by atoms with E-state index < -0.39 is 0 Å². The van der Waals surface area contributed by atoms with Crippen molar-refractivity contribution in [1.82, 2.24) is 14.9 Å². The molecule has 6 nitrogen and oxygen atoms in total. The van der Waals surface area contributed by atoms with E-state index in [1.54, 1.807) is 4.90 Å². The van der Waals surface area contributed by atoms with Gasteiger partial charge in [-0.1, -0.05) is 12.1 Å². The molecule has 1 aliphatic heterocycles. The van der Waals surface area contributed by atoms with Crippen LogP contribution in [0.1, 0.15) is 60.5 Å². The lowest BCUT2D eigenvalue weighted by Gasteiger charge is -2.31. The smallest absolute Gasteiger partial charge is 0.291 e. The van der Waals surface area contributed by atoms with Crippen molar-refractivity contribution in [2.45, 2.75) is 51.0 Å². The molecule has 5 rings (SSSR count). The largest absolute Gasteiger partial charge is 0.443 e. The van der Waals surface area contributed by atoms with Crippen molar-refractivity contribution >= 4 is 22.8 Å². The van der Waals surface area contributed by atoms with Crippen molar-refractivity contribution in [1.29, 1.82) is 0 Å². The maximum absolute atomic E-state index is 13.2. The number of likely N-dealkylation sites (tertiary alicyclic amines) is 1. The molecule has 0 spiro atoms. The highest BCUT2D eigenvalue weighted by Crippen LogP contribution is 2.39. The normalized spacial score (nSPS) is 18.6. The fourth-order valence-electron chi connectivity index (χ4n) is 4.12. The van der Waals surface area contributed by atoms with Crippen molar-refractivity contribution in [3.05, 3.63) is 53.3 Å². The highest BCUT2D eigenvalue weighted by atomic mass is 19.1. The molecule has 3 heterocycles. The van der Waals surface area contributed by atoms with E-state index in [9.17, 15) is 9.18 Å². The first kappa shape index (κ1) is 19.0. The van der Waals surface area contributed by atoms with Crippen molar-refractivity contribution in [3.63, 3.8) is 0 Å². The van der Waals surface area contributed by atoms with Crippen LogP contribution in [0.5, 0.6) is 0 Å². The molecule has 1 aliphatic carbocycles. The number of carbonyl (C=O) groups excluding carboxylic acids is 1. The third-order valence-corrected chi connectivity index (χ3v) is 6.25. The summed E-state index contributed by atoms with van der Waals surface area (Å²) in [6.45, 7) is 5.27. The molecule has 0 unspecified atom stereocenters. The average Bonchev–Trinajstić information content (AvgIpc) is 3.33. The summed E-state index contributed by atoms with van der Waals surface area (Å²) >= 11 is 0. The van der Waals surface area contributed by atoms with Crippen LogP contribution in [0.2, 0.25) is 0 Å². The van der Waals surface area contributed by atoms with Crippen molar-refractivity contribution < 1.29 is 13.6 Å². The molecule has 0 atom stereocenters. The van der Waals surface area contributed by atoms with E-state index >= 15 is 0 Å². The van der Waals surface area contributed by atoms with E-state index in [1.165, 1.54) is 12.1 Å². The number of furan rings is 1. The van der Waals surface area contributed by atoms with Gasteiger partial charge in [-0.15, -0.1) is 0 Å². The molecule has 1 amide bonds. The van der Waals surface area contributed by atoms with Crippen LogP contribution in [0.3, 0.4) is 0 Å². The Hall–Kier alpha value is -2.96. The summed E-state index contributed by atoms with van der Waals surface area (Å²) in [5.74, 6) is 1.51. The topological polar surface area (TPSA) is 71.3 Å². The van der Waals surface area contributed by atoms with Crippen LogP contribution in [0.4, 0.5) is 10.2 Å². The van der Waals surface area contributed by atoms with E-state index in [-0.39, 0.29) is 23.1 Å². The summed E-state index contributed by atoms with van der Waals surface area (Å²) in [5, 5.41) is 4.28. The first-order valence-electron chi connectivity index (χ1n) is 10.5. The quantitative estimate of drug-likeness (QED) is 0.680. The third kappa shape index (κ3) is 3.64. The monoisotopic (exact) mass is 408 g/mol. The molecule has 1 saturated carbocycles. The minimum Gasteiger partial charge on any atom is -0.443 e. The van der Waals surface area contributed by atoms with Crippen molar-refractivity contribution in [3.8, 4) is 0 Å². The molecular formula is C23H25FN4O2. The predicted octanol–water partition coefficient (Wildman–Crippen LogP) is 4.65. The molecule has 1 N–H and O–H groups in total. The minimum atomic E-state index is -0.225. The summed E-state index contributed by atoms with van der Waals surface area (Å²) < 4.78 is 18.9. The maximum Gasteiger partial charge on any atom is 0.291 e. The lowest BCUT2D eigenvalue weighted by Crippen LogP contribution is -2.38. The van der Waals surface area contributed by atoms with Gasteiger partial charge in [0, 0.05) is 18.6 Å². The molecular weight excluding hydrogens is 383 g/mol. The zero-order chi connectivity index (χ0) is 20.9. The minimum absolute atomic E-state index is 0.0281. The van der Waals surface area contributed by atoms with Crippen LogP contribution in [-0.2, 0) is 0 Å². The van der Waals surface area contributed by atoms with Gasteiger partial charge in [-0.05, 0) is 69.2 Å². The molecule has 2 aromatic heterocycles. The molecule has 1 aromatic carbocycles. The number of nitrogens with one attached hydrogen (secondary N) is 1. The van der Waals surface area contributed by atoms with Crippen molar-refractivity contribution in [2.75, 3.05) is 18.4 Å². The Labute approximate surface area is 174 Å². The van der Waals surface area contributed by atoms with Crippen LogP contribution < -0.4 is 5.32 Å². The van der Waals surface area contributed by atoms with E-state index in [2.05, 4.69) is 22.2 Å². The number of carbonyl (C=O) groups is 1. The van der Waals surface area contributed by atoms with Gasteiger partial charge in [-0.25, -0.2) is 9.37 Å². The van der Waals surface area contributed by atoms with Gasteiger partial charge in [0.25, 0.3) is 5.91 Å².